The zero-order valence-electron chi connectivity index (χ0n) is 19.1. The quantitative estimate of drug-likeness (QED) is 0.685. The number of nitrogens with one attached hydrogen (secondary N) is 1. The van der Waals surface area contributed by atoms with E-state index in [0.717, 1.165) is 24.3 Å². The van der Waals surface area contributed by atoms with Gasteiger partial charge in [0.1, 0.15) is 5.82 Å². The molecule has 33 heavy (non-hydrogen) atoms. The van der Waals surface area contributed by atoms with Gasteiger partial charge in [0, 0.05) is 50.9 Å². The first-order valence-corrected chi connectivity index (χ1v) is 11.8. The van der Waals surface area contributed by atoms with E-state index < -0.39 is 0 Å². The Kier molecular flexibility index (Phi) is 7.08. The fraction of sp³-hybridized carbons (Fsp3) is 0.440. The highest BCUT2D eigenvalue weighted by atomic mass is 35.5. The lowest BCUT2D eigenvalue weighted by Crippen LogP contribution is -2.40. The summed E-state index contributed by atoms with van der Waals surface area (Å²) in [7, 11) is 1.78. The highest BCUT2D eigenvalue weighted by molar-refractivity contribution is 6.30. The number of carbonyl (C=O) groups excluding carboxylic acids is 2. The van der Waals surface area contributed by atoms with Gasteiger partial charge in [-0.3, -0.25) is 4.79 Å². The molecule has 3 amide bonds. The normalized spacial score (nSPS) is 19.0. The van der Waals surface area contributed by atoms with Crippen molar-refractivity contribution in [2.24, 2.45) is 0 Å². The van der Waals surface area contributed by atoms with Gasteiger partial charge in [0.15, 0.2) is 0 Å². The third-order valence-electron chi connectivity index (χ3n) is 6.87. The van der Waals surface area contributed by atoms with Crippen LogP contribution in [0.1, 0.15) is 37.7 Å². The fourth-order valence-electron chi connectivity index (χ4n) is 4.73. The van der Waals surface area contributed by atoms with Crippen LogP contribution in [0, 0.1) is 5.82 Å². The monoisotopic (exact) mass is 472 g/mol. The van der Waals surface area contributed by atoms with Crippen molar-refractivity contribution in [1.29, 1.82) is 0 Å². The van der Waals surface area contributed by atoms with Gasteiger partial charge in [-0.1, -0.05) is 23.7 Å². The second-order valence-electron chi connectivity index (χ2n) is 8.93. The summed E-state index contributed by atoms with van der Waals surface area (Å²) in [5, 5.41) is 3.56. The molecule has 176 valence electrons. The number of amides is 3. The van der Waals surface area contributed by atoms with Gasteiger partial charge in [0.2, 0.25) is 5.91 Å². The molecule has 1 atom stereocenters. The SMILES string of the molecule is CC(=O)N(C)C1CCN(c2ccc(NC(=O)N3CCC(c4ccc(Cl)cc4)CC3)cc2F)C1. The lowest BCUT2D eigenvalue weighted by Gasteiger charge is -2.32. The molecular formula is C25H30ClFN4O2. The van der Waals surface area contributed by atoms with Gasteiger partial charge in [-0.2, -0.15) is 0 Å². The van der Waals surface area contributed by atoms with E-state index in [4.69, 9.17) is 11.6 Å². The van der Waals surface area contributed by atoms with Gasteiger partial charge in [0.25, 0.3) is 0 Å². The van der Waals surface area contributed by atoms with Crippen molar-refractivity contribution < 1.29 is 14.0 Å². The summed E-state index contributed by atoms with van der Waals surface area (Å²) in [5.41, 5.74) is 2.18. The molecule has 2 aromatic rings. The van der Waals surface area contributed by atoms with Crippen LogP contribution in [0.5, 0.6) is 0 Å². The average Bonchev–Trinajstić information content (AvgIpc) is 3.29. The fourth-order valence-corrected chi connectivity index (χ4v) is 4.85. The van der Waals surface area contributed by atoms with Crippen LogP contribution in [0.15, 0.2) is 42.5 Å². The molecule has 2 aliphatic heterocycles. The minimum absolute atomic E-state index is 0.0116. The standard InChI is InChI=1S/C25H30ClFN4O2/c1-17(32)29(2)22-11-14-31(16-22)24-8-7-21(15-23(24)27)28-25(33)30-12-9-19(10-13-30)18-3-5-20(26)6-4-18/h3-8,15,19,22H,9-14,16H2,1-2H3,(H,28,33). The minimum atomic E-state index is -0.375. The van der Waals surface area contributed by atoms with Crippen LogP contribution in [0.3, 0.4) is 0 Å². The average molecular weight is 473 g/mol. The van der Waals surface area contributed by atoms with E-state index in [1.54, 1.807) is 35.9 Å². The molecule has 0 saturated carbocycles. The first-order valence-electron chi connectivity index (χ1n) is 11.4. The molecule has 6 nitrogen and oxygen atoms in total. The molecule has 0 bridgehead atoms. The molecule has 2 aromatic carbocycles. The van der Waals surface area contributed by atoms with Crippen LogP contribution in [-0.2, 0) is 4.79 Å². The van der Waals surface area contributed by atoms with Crippen molar-refractivity contribution in [3.05, 3.63) is 58.9 Å². The van der Waals surface area contributed by atoms with Crippen LogP contribution in [0.4, 0.5) is 20.6 Å². The van der Waals surface area contributed by atoms with Gasteiger partial charge in [0.05, 0.1) is 11.7 Å². The summed E-state index contributed by atoms with van der Waals surface area (Å²) in [6.45, 7) is 4.13. The molecule has 2 fully saturated rings. The predicted octanol–water partition coefficient (Wildman–Crippen LogP) is 4.95. The number of rotatable bonds is 4. The number of carbonyl (C=O) groups is 2. The van der Waals surface area contributed by atoms with Gasteiger partial charge < -0.3 is 20.0 Å². The molecule has 1 unspecified atom stereocenters. The highest BCUT2D eigenvalue weighted by Gasteiger charge is 2.29. The van der Waals surface area contributed by atoms with Crippen LogP contribution in [0.25, 0.3) is 0 Å². The van der Waals surface area contributed by atoms with E-state index in [1.165, 1.54) is 11.6 Å². The van der Waals surface area contributed by atoms with E-state index in [1.807, 2.05) is 29.2 Å². The highest BCUT2D eigenvalue weighted by Crippen LogP contribution is 2.30. The smallest absolute Gasteiger partial charge is 0.321 e. The number of likely N-dealkylation sites (tertiary alicyclic amines) is 1. The first-order chi connectivity index (χ1) is 15.8. The topological polar surface area (TPSA) is 55.9 Å². The number of piperidine rings is 1. The van der Waals surface area contributed by atoms with Gasteiger partial charge >= 0.3 is 6.03 Å². The minimum Gasteiger partial charge on any atom is -0.367 e. The largest absolute Gasteiger partial charge is 0.367 e. The van der Waals surface area contributed by atoms with E-state index in [2.05, 4.69) is 5.32 Å². The zero-order chi connectivity index (χ0) is 23.5. The number of nitrogens with zero attached hydrogens (tertiary/aromatic N) is 3. The van der Waals surface area contributed by atoms with Gasteiger partial charge in [-0.15, -0.1) is 0 Å². The first kappa shape index (κ1) is 23.4. The van der Waals surface area contributed by atoms with Crippen molar-refractivity contribution in [2.75, 3.05) is 43.4 Å². The summed E-state index contributed by atoms with van der Waals surface area (Å²) in [6.07, 6.45) is 2.57. The molecule has 2 aliphatic rings. The summed E-state index contributed by atoms with van der Waals surface area (Å²) < 4.78 is 14.9. The molecule has 4 rings (SSSR count). The summed E-state index contributed by atoms with van der Waals surface area (Å²) in [4.78, 5) is 29.8. The van der Waals surface area contributed by atoms with Crippen molar-refractivity contribution >= 4 is 34.9 Å². The van der Waals surface area contributed by atoms with Crippen LogP contribution >= 0.6 is 11.6 Å². The maximum Gasteiger partial charge on any atom is 0.321 e. The maximum absolute atomic E-state index is 14.9. The van der Waals surface area contributed by atoms with E-state index in [-0.39, 0.29) is 23.8 Å². The summed E-state index contributed by atoms with van der Waals surface area (Å²) >= 11 is 5.98. The predicted molar refractivity (Wildman–Crippen MR) is 129 cm³/mol. The molecular weight excluding hydrogens is 443 g/mol. The number of benzene rings is 2. The third kappa shape index (κ3) is 5.41. The van der Waals surface area contributed by atoms with E-state index in [0.29, 0.717) is 43.5 Å². The number of hydrogen-bond donors (Lipinski definition) is 1. The van der Waals surface area contributed by atoms with Crippen molar-refractivity contribution in [2.45, 2.75) is 38.1 Å². The number of halogens is 2. The van der Waals surface area contributed by atoms with Crippen molar-refractivity contribution in [1.82, 2.24) is 9.80 Å². The number of urea groups is 1. The lowest BCUT2D eigenvalue weighted by molar-refractivity contribution is -0.129. The number of anilines is 2. The van der Waals surface area contributed by atoms with E-state index >= 15 is 0 Å². The second kappa shape index (κ2) is 10.00. The molecule has 0 aliphatic carbocycles. The molecule has 0 aromatic heterocycles. The van der Waals surface area contributed by atoms with Gasteiger partial charge in [-0.05, 0) is 61.1 Å². The Hall–Kier alpha value is -2.80. The van der Waals surface area contributed by atoms with Crippen LogP contribution < -0.4 is 10.2 Å². The number of hydrogen-bond acceptors (Lipinski definition) is 3. The third-order valence-corrected chi connectivity index (χ3v) is 7.12. The van der Waals surface area contributed by atoms with Crippen molar-refractivity contribution in [3.8, 4) is 0 Å². The lowest BCUT2D eigenvalue weighted by atomic mass is 9.89. The second-order valence-corrected chi connectivity index (χ2v) is 9.36. The molecule has 2 saturated heterocycles. The van der Waals surface area contributed by atoms with E-state index in [9.17, 15) is 14.0 Å². The Bertz CT molecular complexity index is 1010. The zero-order valence-corrected chi connectivity index (χ0v) is 19.8. The summed E-state index contributed by atoms with van der Waals surface area (Å²) in [5.74, 6) is 0.0485. The molecule has 0 spiro atoms. The summed E-state index contributed by atoms with van der Waals surface area (Å²) in [6, 6.07) is 12.6. The Morgan fingerprint density at radius 1 is 1.06 bits per heavy atom. The molecule has 0 radical (unpaired) electrons. The van der Waals surface area contributed by atoms with Crippen LogP contribution in [-0.4, -0.2) is 61.0 Å². The Morgan fingerprint density at radius 2 is 1.76 bits per heavy atom. The van der Waals surface area contributed by atoms with Gasteiger partial charge in [-0.25, -0.2) is 9.18 Å². The Balaban J connectivity index is 1.31. The van der Waals surface area contributed by atoms with Crippen LogP contribution in [0.2, 0.25) is 5.02 Å². The maximum atomic E-state index is 14.9. The Labute approximate surface area is 199 Å². The Morgan fingerprint density at radius 3 is 2.39 bits per heavy atom. The number of likely N-dealkylation sites (N-methyl/N-ethyl adjacent to an activating group) is 1. The molecule has 8 heteroatoms. The molecule has 1 N–H and O–H groups in total. The van der Waals surface area contributed by atoms with Crippen molar-refractivity contribution in [3.63, 3.8) is 0 Å². The molecule has 2 heterocycles.